The van der Waals surface area contributed by atoms with E-state index in [1.54, 1.807) is 0 Å². The van der Waals surface area contributed by atoms with E-state index in [2.05, 4.69) is 63.5 Å². The van der Waals surface area contributed by atoms with Crippen LogP contribution >= 0.6 is 0 Å². The van der Waals surface area contributed by atoms with E-state index in [9.17, 15) is 0 Å². The van der Waals surface area contributed by atoms with Crippen LogP contribution in [0, 0.1) is 5.41 Å². The number of fused-ring (bicyclic) bond motifs is 1. The molecule has 0 aliphatic carbocycles. The van der Waals surface area contributed by atoms with Gasteiger partial charge in [0.15, 0.2) is 0 Å². The van der Waals surface area contributed by atoms with Crippen molar-refractivity contribution in [2.75, 3.05) is 11.9 Å². The Kier molecular flexibility index (Phi) is 4.43. The third-order valence-electron chi connectivity index (χ3n) is 3.85. The summed E-state index contributed by atoms with van der Waals surface area (Å²) in [7, 11) is 0. The molecule has 1 aromatic carbocycles. The first-order valence-corrected chi connectivity index (χ1v) is 7.86. The first kappa shape index (κ1) is 15.4. The average Bonchev–Trinajstić information content (AvgIpc) is 2.33. The van der Waals surface area contributed by atoms with Crippen LogP contribution in [0.1, 0.15) is 58.6 Å². The Morgan fingerprint density at radius 2 is 1.90 bits per heavy atom. The van der Waals surface area contributed by atoms with Gasteiger partial charge in [0.25, 0.3) is 0 Å². The zero-order chi connectivity index (χ0) is 14.8. The highest BCUT2D eigenvalue weighted by Gasteiger charge is 2.24. The van der Waals surface area contributed by atoms with Gasteiger partial charge in [0.2, 0.25) is 0 Å². The fraction of sp³-hybridized carbons (Fsp3) is 0.667. The van der Waals surface area contributed by atoms with E-state index in [1.807, 2.05) is 0 Å². The molecule has 1 aliphatic heterocycles. The van der Waals surface area contributed by atoms with Gasteiger partial charge in [-0.3, -0.25) is 0 Å². The summed E-state index contributed by atoms with van der Waals surface area (Å²) < 4.78 is 0. The van der Waals surface area contributed by atoms with Crippen LogP contribution in [0.5, 0.6) is 0 Å². The van der Waals surface area contributed by atoms with Gasteiger partial charge in [-0.1, -0.05) is 32.9 Å². The van der Waals surface area contributed by atoms with E-state index in [4.69, 9.17) is 0 Å². The molecule has 0 spiro atoms. The summed E-state index contributed by atoms with van der Waals surface area (Å²) in [4.78, 5) is 0. The van der Waals surface area contributed by atoms with E-state index in [1.165, 1.54) is 36.1 Å². The Labute approximate surface area is 124 Å². The van der Waals surface area contributed by atoms with Crippen molar-refractivity contribution in [1.29, 1.82) is 0 Å². The average molecular weight is 274 g/mol. The fourth-order valence-electron chi connectivity index (χ4n) is 3.37. The second kappa shape index (κ2) is 5.77. The first-order valence-electron chi connectivity index (χ1n) is 7.86. The molecule has 0 unspecified atom stereocenters. The first-order chi connectivity index (χ1) is 9.25. The molecule has 2 N–H and O–H groups in total. The molecule has 1 aliphatic rings. The molecule has 0 atom stereocenters. The Balaban J connectivity index is 1.97. The van der Waals surface area contributed by atoms with E-state index < -0.39 is 0 Å². The van der Waals surface area contributed by atoms with Gasteiger partial charge < -0.3 is 10.6 Å². The number of anilines is 1. The summed E-state index contributed by atoms with van der Waals surface area (Å²) in [6.45, 7) is 13.6. The SMILES string of the molecule is CC(C)(C)CC(C)(C)NCc1ccc2c(c1)CCCN2. The second-order valence-corrected chi connectivity index (χ2v) is 8.00. The molecule has 0 saturated heterocycles. The molecule has 0 saturated carbocycles. The molecule has 0 aromatic heterocycles. The van der Waals surface area contributed by atoms with E-state index in [-0.39, 0.29) is 5.54 Å². The van der Waals surface area contributed by atoms with Crippen LogP contribution in [0.3, 0.4) is 0 Å². The summed E-state index contributed by atoms with van der Waals surface area (Å²) in [5.74, 6) is 0. The number of nitrogens with one attached hydrogen (secondary N) is 2. The highest BCUT2D eigenvalue weighted by molar-refractivity contribution is 5.54. The standard InChI is InChI=1S/C18H30N2/c1-17(2,3)13-18(4,5)20-12-14-8-9-16-15(11-14)7-6-10-19-16/h8-9,11,19-20H,6-7,10,12-13H2,1-5H3. The molecule has 2 heteroatoms. The van der Waals surface area contributed by atoms with Gasteiger partial charge >= 0.3 is 0 Å². The van der Waals surface area contributed by atoms with Crippen LogP contribution < -0.4 is 10.6 Å². The molecule has 20 heavy (non-hydrogen) atoms. The topological polar surface area (TPSA) is 24.1 Å². The summed E-state index contributed by atoms with van der Waals surface area (Å²) in [5, 5.41) is 7.19. The van der Waals surface area contributed by atoms with Gasteiger partial charge in [0, 0.05) is 24.3 Å². The van der Waals surface area contributed by atoms with Crippen molar-refractivity contribution < 1.29 is 0 Å². The Hall–Kier alpha value is -1.02. The van der Waals surface area contributed by atoms with E-state index in [0.717, 1.165) is 13.1 Å². The van der Waals surface area contributed by atoms with Gasteiger partial charge in [0.05, 0.1) is 0 Å². The second-order valence-electron chi connectivity index (χ2n) is 8.00. The highest BCUT2D eigenvalue weighted by Crippen LogP contribution is 2.27. The fourth-order valence-corrected chi connectivity index (χ4v) is 3.37. The molecule has 0 amide bonds. The Morgan fingerprint density at radius 1 is 1.15 bits per heavy atom. The van der Waals surface area contributed by atoms with Crippen molar-refractivity contribution in [3.63, 3.8) is 0 Å². The molecule has 112 valence electrons. The van der Waals surface area contributed by atoms with Crippen LogP contribution in [-0.2, 0) is 13.0 Å². The van der Waals surface area contributed by atoms with Gasteiger partial charge in [-0.05, 0) is 55.7 Å². The zero-order valence-corrected chi connectivity index (χ0v) is 13.8. The van der Waals surface area contributed by atoms with Crippen molar-refractivity contribution in [3.05, 3.63) is 29.3 Å². The molecular formula is C18H30N2. The lowest BCUT2D eigenvalue weighted by Crippen LogP contribution is -2.41. The number of benzene rings is 1. The van der Waals surface area contributed by atoms with Crippen LogP contribution in [0.4, 0.5) is 5.69 Å². The molecule has 2 rings (SSSR count). The van der Waals surface area contributed by atoms with Crippen molar-refractivity contribution in [1.82, 2.24) is 5.32 Å². The predicted molar refractivity (Wildman–Crippen MR) is 88.2 cm³/mol. The molecule has 1 aromatic rings. The maximum absolute atomic E-state index is 3.72. The van der Waals surface area contributed by atoms with Gasteiger partial charge in [0.1, 0.15) is 0 Å². The van der Waals surface area contributed by atoms with Crippen LogP contribution in [-0.4, -0.2) is 12.1 Å². The predicted octanol–water partition coefficient (Wildman–Crippen LogP) is 4.35. The minimum atomic E-state index is 0.173. The number of hydrogen-bond donors (Lipinski definition) is 2. The van der Waals surface area contributed by atoms with E-state index in [0.29, 0.717) is 5.41 Å². The summed E-state index contributed by atoms with van der Waals surface area (Å²) in [6.07, 6.45) is 3.63. The minimum absolute atomic E-state index is 0.173. The molecule has 1 heterocycles. The lowest BCUT2D eigenvalue weighted by molar-refractivity contribution is 0.240. The third-order valence-corrected chi connectivity index (χ3v) is 3.85. The molecule has 0 bridgehead atoms. The zero-order valence-electron chi connectivity index (χ0n) is 13.8. The highest BCUT2D eigenvalue weighted by atomic mass is 15.0. The largest absolute Gasteiger partial charge is 0.385 e. The Morgan fingerprint density at radius 3 is 2.60 bits per heavy atom. The molecular weight excluding hydrogens is 244 g/mol. The smallest absolute Gasteiger partial charge is 0.0372 e. The monoisotopic (exact) mass is 274 g/mol. The lowest BCUT2D eigenvalue weighted by Gasteiger charge is -2.33. The van der Waals surface area contributed by atoms with Gasteiger partial charge in [-0.2, -0.15) is 0 Å². The van der Waals surface area contributed by atoms with Crippen molar-refractivity contribution in [3.8, 4) is 0 Å². The number of rotatable bonds is 4. The van der Waals surface area contributed by atoms with Crippen LogP contribution in [0.25, 0.3) is 0 Å². The third kappa shape index (κ3) is 4.52. The number of hydrogen-bond acceptors (Lipinski definition) is 2. The maximum atomic E-state index is 3.72. The van der Waals surface area contributed by atoms with Crippen molar-refractivity contribution in [2.45, 2.75) is 66.0 Å². The van der Waals surface area contributed by atoms with Gasteiger partial charge in [-0.15, -0.1) is 0 Å². The normalized spacial score (nSPS) is 15.7. The molecule has 2 nitrogen and oxygen atoms in total. The van der Waals surface area contributed by atoms with Crippen molar-refractivity contribution in [2.24, 2.45) is 5.41 Å². The van der Waals surface area contributed by atoms with Crippen molar-refractivity contribution >= 4 is 5.69 Å². The summed E-state index contributed by atoms with van der Waals surface area (Å²) in [6, 6.07) is 6.85. The van der Waals surface area contributed by atoms with Crippen LogP contribution in [0.2, 0.25) is 0 Å². The Bertz CT molecular complexity index is 455. The van der Waals surface area contributed by atoms with E-state index >= 15 is 0 Å². The molecule has 0 radical (unpaired) electrons. The maximum Gasteiger partial charge on any atom is 0.0372 e. The minimum Gasteiger partial charge on any atom is -0.385 e. The quantitative estimate of drug-likeness (QED) is 0.853. The lowest BCUT2D eigenvalue weighted by atomic mass is 9.81. The molecule has 0 fully saturated rings. The van der Waals surface area contributed by atoms with Gasteiger partial charge in [-0.25, -0.2) is 0 Å². The number of aryl methyl sites for hydroxylation is 1. The summed E-state index contributed by atoms with van der Waals surface area (Å²) >= 11 is 0. The summed E-state index contributed by atoms with van der Waals surface area (Å²) in [5.41, 5.74) is 4.73. The van der Waals surface area contributed by atoms with Crippen LogP contribution in [0.15, 0.2) is 18.2 Å².